The Bertz CT molecular complexity index is 2390. The maximum atomic E-state index is 2.42. The minimum atomic E-state index is 1.13. The van der Waals surface area contributed by atoms with Crippen LogP contribution in [0.4, 0.5) is 34.1 Å². The molecule has 0 fully saturated rings. The molecule has 0 N–H and O–H groups in total. The highest BCUT2D eigenvalue weighted by molar-refractivity contribution is 6.24. The minimum Gasteiger partial charge on any atom is -0.310 e. The van der Waals surface area contributed by atoms with E-state index < -0.39 is 0 Å². The van der Waals surface area contributed by atoms with Gasteiger partial charge in [-0.15, -0.1) is 0 Å². The average molecular weight is 605 g/mol. The highest BCUT2D eigenvalue weighted by Gasteiger charge is 2.22. The highest BCUT2D eigenvalue weighted by atomic mass is 15.1. The van der Waals surface area contributed by atoms with Gasteiger partial charge in [-0.25, -0.2) is 0 Å². The lowest BCUT2D eigenvalue weighted by Crippen LogP contribution is -2.12. The van der Waals surface area contributed by atoms with Crippen molar-refractivity contribution < 1.29 is 0 Å². The quantitative estimate of drug-likeness (QED) is 0.174. The summed E-state index contributed by atoms with van der Waals surface area (Å²) in [5, 5.41) is 7.39. The maximum absolute atomic E-state index is 2.42. The molecule has 8 aromatic carbocycles. The number of hydrogen-bond donors (Lipinski definition) is 0. The van der Waals surface area contributed by atoms with E-state index in [2.05, 4.69) is 194 Å². The molecule has 47 heavy (non-hydrogen) atoms. The molecule has 0 aromatic heterocycles. The van der Waals surface area contributed by atoms with Crippen LogP contribution in [-0.4, -0.2) is 0 Å². The molecule has 0 saturated heterocycles. The molecule has 0 atom stereocenters. The lowest BCUT2D eigenvalue weighted by atomic mass is 9.92. The molecule has 0 spiro atoms. The summed E-state index contributed by atoms with van der Waals surface area (Å²) >= 11 is 0. The molecule has 0 bridgehead atoms. The highest BCUT2D eigenvalue weighted by Crippen LogP contribution is 2.47. The van der Waals surface area contributed by atoms with Crippen LogP contribution in [0.25, 0.3) is 32.3 Å². The van der Waals surface area contributed by atoms with Gasteiger partial charge in [0.2, 0.25) is 0 Å². The summed E-state index contributed by atoms with van der Waals surface area (Å²) in [7, 11) is 0. The van der Waals surface area contributed by atoms with Gasteiger partial charge in [0, 0.05) is 33.5 Å². The monoisotopic (exact) mass is 604 g/mol. The molecule has 0 heterocycles. The standard InChI is InChI=1S/C45H36N2/c1-31-14-12-20-36(26-31)46(34-16-6-4-7-17-34)44-29-42-39-25-24-33(3)28-43(39)45(30-41(42)38-22-10-11-23-40(38)44)47(35-18-8-5-9-19-35)37-21-13-15-32(2)27-37/h4-30H,1-3H3. The number of fused-ring (bicyclic) bond motifs is 5. The molecule has 8 rings (SSSR count). The van der Waals surface area contributed by atoms with Gasteiger partial charge in [-0.3, -0.25) is 0 Å². The third kappa shape index (κ3) is 5.18. The van der Waals surface area contributed by atoms with Gasteiger partial charge in [0.1, 0.15) is 0 Å². The van der Waals surface area contributed by atoms with Crippen LogP contribution in [0.1, 0.15) is 16.7 Å². The second-order valence-electron chi connectivity index (χ2n) is 12.5. The van der Waals surface area contributed by atoms with Crippen molar-refractivity contribution >= 4 is 66.4 Å². The fraction of sp³-hybridized carbons (Fsp3) is 0.0667. The van der Waals surface area contributed by atoms with Crippen molar-refractivity contribution in [1.82, 2.24) is 0 Å². The van der Waals surface area contributed by atoms with Crippen molar-refractivity contribution in [1.29, 1.82) is 0 Å². The predicted octanol–water partition coefficient (Wildman–Crippen LogP) is 13.0. The predicted molar refractivity (Wildman–Crippen MR) is 203 cm³/mol. The Kier molecular flexibility index (Phi) is 7.19. The second kappa shape index (κ2) is 11.8. The Labute approximate surface area is 276 Å². The normalized spacial score (nSPS) is 11.3. The molecule has 2 nitrogen and oxygen atoms in total. The zero-order valence-corrected chi connectivity index (χ0v) is 27.0. The van der Waals surface area contributed by atoms with E-state index in [-0.39, 0.29) is 0 Å². The Morgan fingerprint density at radius 1 is 0.277 bits per heavy atom. The first-order valence-corrected chi connectivity index (χ1v) is 16.3. The number of benzene rings is 8. The summed E-state index contributed by atoms with van der Waals surface area (Å²) in [6.45, 7) is 6.51. The van der Waals surface area contributed by atoms with Crippen molar-refractivity contribution in [2.45, 2.75) is 20.8 Å². The first-order valence-electron chi connectivity index (χ1n) is 16.3. The maximum Gasteiger partial charge on any atom is 0.0546 e. The zero-order valence-electron chi connectivity index (χ0n) is 27.0. The van der Waals surface area contributed by atoms with Gasteiger partial charge in [-0.1, -0.05) is 103 Å². The number of para-hydroxylation sites is 2. The Morgan fingerprint density at radius 3 is 1.23 bits per heavy atom. The van der Waals surface area contributed by atoms with Gasteiger partial charge >= 0.3 is 0 Å². The van der Waals surface area contributed by atoms with E-state index in [1.807, 2.05) is 0 Å². The summed E-state index contributed by atoms with van der Waals surface area (Å²) in [4.78, 5) is 4.83. The third-order valence-corrected chi connectivity index (χ3v) is 9.12. The van der Waals surface area contributed by atoms with Crippen LogP contribution in [0.2, 0.25) is 0 Å². The Balaban J connectivity index is 1.49. The smallest absolute Gasteiger partial charge is 0.0546 e. The SMILES string of the molecule is Cc1cccc(N(c2ccccc2)c2cc3c4ccc(C)cc4c(N(c4ccccc4)c4cccc(C)c4)cc3c3ccccc23)c1. The molecule has 226 valence electrons. The van der Waals surface area contributed by atoms with Crippen molar-refractivity contribution in [2.75, 3.05) is 9.80 Å². The molecule has 8 aromatic rings. The molecule has 0 aliphatic rings. The molecule has 0 saturated carbocycles. The molecule has 2 heteroatoms. The number of anilines is 6. The van der Waals surface area contributed by atoms with Crippen LogP contribution in [0, 0.1) is 20.8 Å². The average Bonchev–Trinajstić information content (AvgIpc) is 3.10. The van der Waals surface area contributed by atoms with Crippen molar-refractivity contribution in [3.05, 3.63) is 180 Å². The molecule has 0 amide bonds. The van der Waals surface area contributed by atoms with Crippen LogP contribution < -0.4 is 9.80 Å². The van der Waals surface area contributed by atoms with Crippen molar-refractivity contribution in [2.24, 2.45) is 0 Å². The molecule has 0 aliphatic carbocycles. The molecule has 0 aliphatic heterocycles. The van der Waals surface area contributed by atoms with Crippen LogP contribution in [-0.2, 0) is 0 Å². The van der Waals surface area contributed by atoms with Crippen molar-refractivity contribution in [3.63, 3.8) is 0 Å². The van der Waals surface area contributed by atoms with Crippen molar-refractivity contribution in [3.8, 4) is 0 Å². The van der Waals surface area contributed by atoms with Gasteiger partial charge in [0.25, 0.3) is 0 Å². The van der Waals surface area contributed by atoms with E-state index in [0.717, 1.165) is 28.4 Å². The van der Waals surface area contributed by atoms with Gasteiger partial charge < -0.3 is 9.80 Å². The van der Waals surface area contributed by atoms with Crippen LogP contribution in [0.3, 0.4) is 0 Å². The van der Waals surface area contributed by atoms with E-state index in [0.29, 0.717) is 0 Å². The zero-order chi connectivity index (χ0) is 31.9. The van der Waals surface area contributed by atoms with Gasteiger partial charge in [-0.2, -0.15) is 0 Å². The largest absolute Gasteiger partial charge is 0.310 e. The van der Waals surface area contributed by atoms with Crippen LogP contribution >= 0.6 is 0 Å². The topological polar surface area (TPSA) is 6.48 Å². The van der Waals surface area contributed by atoms with E-state index in [9.17, 15) is 0 Å². The van der Waals surface area contributed by atoms with Crippen LogP contribution in [0.5, 0.6) is 0 Å². The first kappa shape index (κ1) is 28.6. The van der Waals surface area contributed by atoms with Crippen LogP contribution in [0.15, 0.2) is 164 Å². The summed E-state index contributed by atoms with van der Waals surface area (Å²) in [6, 6.07) is 59.7. The van der Waals surface area contributed by atoms with E-state index in [4.69, 9.17) is 0 Å². The van der Waals surface area contributed by atoms with E-state index >= 15 is 0 Å². The van der Waals surface area contributed by atoms with E-state index in [1.54, 1.807) is 0 Å². The Morgan fingerprint density at radius 2 is 0.702 bits per heavy atom. The summed E-state index contributed by atoms with van der Waals surface area (Å²) in [5.74, 6) is 0. The lowest BCUT2D eigenvalue weighted by molar-refractivity contribution is 1.28. The molecular formula is C45H36N2. The number of rotatable bonds is 6. The number of aryl methyl sites for hydroxylation is 3. The number of hydrogen-bond acceptors (Lipinski definition) is 2. The second-order valence-corrected chi connectivity index (χ2v) is 12.5. The molecule has 0 radical (unpaired) electrons. The molecule has 0 unspecified atom stereocenters. The molecular weight excluding hydrogens is 569 g/mol. The summed E-state index contributed by atoms with van der Waals surface area (Å²) in [6.07, 6.45) is 0. The van der Waals surface area contributed by atoms with E-state index in [1.165, 1.54) is 54.7 Å². The van der Waals surface area contributed by atoms with Gasteiger partial charge in [0.15, 0.2) is 0 Å². The summed E-state index contributed by atoms with van der Waals surface area (Å²) in [5.41, 5.74) is 10.6. The third-order valence-electron chi connectivity index (χ3n) is 9.12. The fourth-order valence-electron chi connectivity index (χ4n) is 6.99. The van der Waals surface area contributed by atoms with Gasteiger partial charge in [0.05, 0.1) is 11.4 Å². The van der Waals surface area contributed by atoms with Gasteiger partial charge in [-0.05, 0) is 120 Å². The first-order chi connectivity index (χ1) is 23.0. The lowest BCUT2D eigenvalue weighted by Gasteiger charge is -2.30. The fourth-order valence-corrected chi connectivity index (χ4v) is 6.99. The summed E-state index contributed by atoms with van der Waals surface area (Å²) < 4.78 is 0. The number of nitrogens with zero attached hydrogens (tertiary/aromatic N) is 2. The Hall–Kier alpha value is -5.86. The minimum absolute atomic E-state index is 1.13.